The Bertz CT molecular complexity index is 273. The number of rotatable bonds is 16. The van der Waals surface area contributed by atoms with Gasteiger partial charge in [0.25, 0.3) is 0 Å². The third-order valence-corrected chi connectivity index (χ3v) is 5.49. The number of hydrogen-bond donors (Lipinski definition) is 1. The van der Waals surface area contributed by atoms with Gasteiger partial charge in [-0.05, 0) is 19.3 Å². The maximum absolute atomic E-state index is 12.4. The molecule has 4 nitrogen and oxygen atoms in total. The molecule has 5 heteroatoms. The summed E-state index contributed by atoms with van der Waals surface area (Å²) in [6, 6.07) is 0. The third-order valence-electron chi connectivity index (χ3n) is 3.86. The highest BCUT2D eigenvalue weighted by Gasteiger charge is 2.28. The fourth-order valence-electron chi connectivity index (χ4n) is 2.45. The molecule has 0 aromatic rings. The van der Waals surface area contributed by atoms with Crippen molar-refractivity contribution in [1.82, 2.24) is 4.67 Å². The lowest BCUT2D eigenvalue weighted by Crippen LogP contribution is -2.24. The molecular formula is C17H38NO3P. The molecule has 1 N–H and O–H groups in total. The van der Waals surface area contributed by atoms with Crippen LogP contribution in [0.1, 0.15) is 91.4 Å². The van der Waals surface area contributed by atoms with E-state index in [0.29, 0.717) is 19.7 Å². The van der Waals surface area contributed by atoms with Crippen LogP contribution in [0.25, 0.3) is 0 Å². The van der Waals surface area contributed by atoms with Gasteiger partial charge in [0, 0.05) is 13.1 Å². The predicted molar refractivity (Wildman–Crippen MR) is 95.2 cm³/mol. The van der Waals surface area contributed by atoms with Crippen LogP contribution in [-0.4, -0.2) is 29.3 Å². The van der Waals surface area contributed by atoms with E-state index >= 15 is 0 Å². The summed E-state index contributed by atoms with van der Waals surface area (Å²) >= 11 is 0. The van der Waals surface area contributed by atoms with Crippen molar-refractivity contribution >= 4 is 7.75 Å². The SMILES string of the molecule is CCCCCCCN(CCCCCCC)P(=O)(O)OCCC. The van der Waals surface area contributed by atoms with Crippen LogP contribution < -0.4 is 0 Å². The van der Waals surface area contributed by atoms with Gasteiger partial charge in [0.2, 0.25) is 0 Å². The van der Waals surface area contributed by atoms with E-state index in [0.717, 1.165) is 32.1 Å². The summed E-state index contributed by atoms with van der Waals surface area (Å²) in [4.78, 5) is 10.2. The van der Waals surface area contributed by atoms with Gasteiger partial charge < -0.3 is 4.89 Å². The van der Waals surface area contributed by atoms with Crippen molar-refractivity contribution < 1.29 is 14.0 Å². The molecule has 134 valence electrons. The summed E-state index contributed by atoms with van der Waals surface area (Å²) in [6.45, 7) is 8.06. The van der Waals surface area contributed by atoms with Crippen molar-refractivity contribution in [3.63, 3.8) is 0 Å². The summed E-state index contributed by atoms with van der Waals surface area (Å²) < 4.78 is 19.3. The Hall–Kier alpha value is 0.110. The van der Waals surface area contributed by atoms with Crippen LogP contribution >= 0.6 is 7.75 Å². The molecular weight excluding hydrogens is 297 g/mol. The molecule has 1 atom stereocenters. The van der Waals surface area contributed by atoms with E-state index in [2.05, 4.69) is 13.8 Å². The third kappa shape index (κ3) is 11.6. The van der Waals surface area contributed by atoms with E-state index in [1.54, 1.807) is 4.67 Å². The zero-order chi connectivity index (χ0) is 16.7. The van der Waals surface area contributed by atoms with Crippen molar-refractivity contribution in [2.45, 2.75) is 91.4 Å². The summed E-state index contributed by atoms with van der Waals surface area (Å²) in [5, 5.41) is 0. The minimum absolute atomic E-state index is 0.357. The van der Waals surface area contributed by atoms with E-state index in [-0.39, 0.29) is 0 Å². The molecule has 0 heterocycles. The van der Waals surface area contributed by atoms with Crippen LogP contribution in [0.5, 0.6) is 0 Å². The smallest absolute Gasteiger partial charge is 0.312 e. The van der Waals surface area contributed by atoms with Crippen LogP contribution in [0, 0.1) is 0 Å². The van der Waals surface area contributed by atoms with Gasteiger partial charge in [-0.25, -0.2) is 9.24 Å². The van der Waals surface area contributed by atoms with Gasteiger partial charge in [-0.1, -0.05) is 72.1 Å². The molecule has 0 amide bonds. The zero-order valence-electron chi connectivity index (χ0n) is 15.1. The van der Waals surface area contributed by atoms with Crippen molar-refractivity contribution in [3.8, 4) is 0 Å². The minimum atomic E-state index is -3.60. The van der Waals surface area contributed by atoms with E-state index in [1.165, 1.54) is 38.5 Å². The second-order valence-corrected chi connectivity index (χ2v) is 7.91. The van der Waals surface area contributed by atoms with E-state index in [1.807, 2.05) is 6.92 Å². The average Bonchev–Trinajstić information content (AvgIpc) is 2.50. The Balaban J connectivity index is 4.20. The molecule has 0 aliphatic carbocycles. The zero-order valence-corrected chi connectivity index (χ0v) is 16.0. The van der Waals surface area contributed by atoms with Gasteiger partial charge >= 0.3 is 7.75 Å². The van der Waals surface area contributed by atoms with E-state index < -0.39 is 7.75 Å². The van der Waals surface area contributed by atoms with Crippen molar-refractivity contribution in [1.29, 1.82) is 0 Å². The van der Waals surface area contributed by atoms with Gasteiger partial charge in [-0.2, -0.15) is 0 Å². The van der Waals surface area contributed by atoms with Crippen molar-refractivity contribution in [2.24, 2.45) is 0 Å². The second-order valence-electron chi connectivity index (χ2n) is 6.11. The molecule has 0 aromatic carbocycles. The molecule has 0 radical (unpaired) electrons. The summed E-state index contributed by atoms with van der Waals surface area (Å²) in [7, 11) is -3.60. The quantitative estimate of drug-likeness (QED) is 0.288. The lowest BCUT2D eigenvalue weighted by atomic mass is 10.1. The molecule has 0 rings (SSSR count). The molecule has 0 fully saturated rings. The summed E-state index contributed by atoms with van der Waals surface area (Å²) in [5.41, 5.74) is 0. The predicted octanol–water partition coefficient (Wildman–Crippen LogP) is 5.76. The molecule has 22 heavy (non-hydrogen) atoms. The first-order valence-corrected chi connectivity index (χ1v) is 10.8. The van der Waals surface area contributed by atoms with Gasteiger partial charge in [0.15, 0.2) is 0 Å². The first-order chi connectivity index (χ1) is 10.6. The van der Waals surface area contributed by atoms with Crippen LogP contribution in [0.3, 0.4) is 0 Å². The molecule has 0 saturated heterocycles. The summed E-state index contributed by atoms with van der Waals surface area (Å²) in [6.07, 6.45) is 12.4. The molecule has 1 unspecified atom stereocenters. The maximum Gasteiger partial charge on any atom is 0.405 e. The van der Waals surface area contributed by atoms with Crippen molar-refractivity contribution in [3.05, 3.63) is 0 Å². The monoisotopic (exact) mass is 335 g/mol. The highest BCUT2D eigenvalue weighted by molar-refractivity contribution is 7.50. The molecule has 0 aromatic heterocycles. The first-order valence-electron chi connectivity index (χ1n) is 9.31. The molecule has 0 saturated carbocycles. The minimum Gasteiger partial charge on any atom is -0.312 e. The van der Waals surface area contributed by atoms with Crippen LogP contribution in [0.2, 0.25) is 0 Å². The van der Waals surface area contributed by atoms with Gasteiger partial charge in [-0.3, -0.25) is 4.52 Å². The fourth-order valence-corrected chi connectivity index (χ4v) is 3.82. The Kier molecular flexibility index (Phi) is 14.8. The topological polar surface area (TPSA) is 49.8 Å². The molecule has 0 aliphatic rings. The number of nitrogens with zero attached hydrogens (tertiary/aromatic N) is 1. The Morgan fingerprint density at radius 2 is 1.23 bits per heavy atom. The van der Waals surface area contributed by atoms with E-state index in [9.17, 15) is 9.46 Å². The van der Waals surface area contributed by atoms with Crippen LogP contribution in [-0.2, 0) is 9.09 Å². The standard InChI is InChI=1S/C17H38NO3P/c1-4-7-9-11-13-15-18(16-14-12-10-8-5-2)22(19,20)21-17-6-3/h4-17H2,1-3H3,(H,19,20). The van der Waals surface area contributed by atoms with E-state index in [4.69, 9.17) is 4.52 Å². The van der Waals surface area contributed by atoms with Gasteiger partial charge in [0.1, 0.15) is 0 Å². The largest absolute Gasteiger partial charge is 0.405 e. The number of unbranched alkanes of at least 4 members (excludes halogenated alkanes) is 8. The van der Waals surface area contributed by atoms with Crippen molar-refractivity contribution in [2.75, 3.05) is 19.7 Å². The van der Waals surface area contributed by atoms with Crippen LogP contribution in [0.15, 0.2) is 0 Å². The second kappa shape index (κ2) is 14.7. The first kappa shape index (κ1) is 22.1. The molecule has 0 spiro atoms. The Morgan fingerprint density at radius 1 is 0.773 bits per heavy atom. The average molecular weight is 335 g/mol. The Labute approximate surface area is 138 Å². The van der Waals surface area contributed by atoms with Crippen LogP contribution in [0.4, 0.5) is 0 Å². The highest BCUT2D eigenvalue weighted by atomic mass is 31.2. The fraction of sp³-hybridized carbons (Fsp3) is 1.00. The highest BCUT2D eigenvalue weighted by Crippen LogP contribution is 2.46. The molecule has 0 bridgehead atoms. The maximum atomic E-state index is 12.4. The Morgan fingerprint density at radius 3 is 1.64 bits per heavy atom. The molecule has 0 aliphatic heterocycles. The summed E-state index contributed by atoms with van der Waals surface area (Å²) in [5.74, 6) is 0. The van der Waals surface area contributed by atoms with Gasteiger partial charge in [0.05, 0.1) is 6.61 Å². The van der Waals surface area contributed by atoms with Gasteiger partial charge in [-0.15, -0.1) is 0 Å². The number of hydrogen-bond acceptors (Lipinski definition) is 2. The lowest BCUT2D eigenvalue weighted by molar-refractivity contribution is 0.197. The normalized spacial score (nSPS) is 14.4. The lowest BCUT2D eigenvalue weighted by Gasteiger charge is -2.26.